The largest absolute Gasteiger partial charge is 0.397 e. The molecule has 1 aliphatic rings. The standard InChI is InChI=1S/C20H40O19S4/c1-2-3-4-5-6-7-8-9-10-11-12-33-13-14-34-20-19(39-43(30,31)32)18(38-42(27,28)29)17(37-41(24,25)26)16(36-20)15-35-40(21,22)23/h16-20H,2-15H2,1H3,(H,21,22,23)(H,24,25,26)(H,27,28,29)(H,30,31,32)/t16-,17-,18+,19-,20-/m1/s1. The van der Waals surface area contributed by atoms with Crippen molar-refractivity contribution in [3.8, 4) is 0 Å². The first-order valence-electron chi connectivity index (χ1n) is 13.2. The van der Waals surface area contributed by atoms with Crippen LogP contribution in [0.15, 0.2) is 0 Å². The molecule has 0 amide bonds. The lowest BCUT2D eigenvalue weighted by molar-refractivity contribution is -0.288. The molecule has 1 fully saturated rings. The lowest BCUT2D eigenvalue weighted by Crippen LogP contribution is -2.63. The highest BCUT2D eigenvalue weighted by Crippen LogP contribution is 2.32. The summed E-state index contributed by atoms with van der Waals surface area (Å²) in [6.45, 7) is 0.574. The molecule has 0 aromatic rings. The molecule has 0 bridgehead atoms. The van der Waals surface area contributed by atoms with E-state index in [1.54, 1.807) is 0 Å². The number of ether oxygens (including phenoxy) is 3. The van der Waals surface area contributed by atoms with Gasteiger partial charge in [-0.3, -0.25) is 18.2 Å². The molecule has 4 N–H and O–H groups in total. The van der Waals surface area contributed by atoms with E-state index in [4.69, 9.17) is 23.3 Å². The fraction of sp³-hybridized carbons (Fsp3) is 1.00. The van der Waals surface area contributed by atoms with Gasteiger partial charge in [0.05, 0.1) is 19.8 Å². The number of hydrogen-bond donors (Lipinski definition) is 4. The van der Waals surface area contributed by atoms with E-state index in [1.165, 1.54) is 32.1 Å². The van der Waals surface area contributed by atoms with Crippen LogP contribution in [0.1, 0.15) is 71.1 Å². The number of hydrogen-bond acceptors (Lipinski definition) is 15. The molecule has 0 aromatic heterocycles. The average Bonchev–Trinajstić information content (AvgIpc) is 2.83. The molecule has 0 radical (unpaired) electrons. The Morgan fingerprint density at radius 2 is 1.02 bits per heavy atom. The van der Waals surface area contributed by atoms with Gasteiger partial charge in [-0.25, -0.2) is 16.7 Å². The molecule has 0 saturated carbocycles. The van der Waals surface area contributed by atoms with Gasteiger partial charge in [-0.2, -0.15) is 33.7 Å². The summed E-state index contributed by atoms with van der Waals surface area (Å²) in [5.41, 5.74) is 0. The zero-order valence-corrected chi connectivity index (χ0v) is 26.6. The zero-order chi connectivity index (χ0) is 32.7. The van der Waals surface area contributed by atoms with E-state index in [1.807, 2.05) is 0 Å². The van der Waals surface area contributed by atoms with Crippen LogP contribution in [0.3, 0.4) is 0 Å². The fourth-order valence-electron chi connectivity index (χ4n) is 4.07. The summed E-state index contributed by atoms with van der Waals surface area (Å²) in [7, 11) is -21.9. The molecule has 1 saturated heterocycles. The van der Waals surface area contributed by atoms with Crippen molar-refractivity contribution in [1.82, 2.24) is 0 Å². The third-order valence-electron chi connectivity index (χ3n) is 5.82. The summed E-state index contributed by atoms with van der Waals surface area (Å²) >= 11 is 0. The monoisotopic (exact) mass is 712 g/mol. The van der Waals surface area contributed by atoms with Crippen LogP contribution >= 0.6 is 0 Å². The predicted molar refractivity (Wildman–Crippen MR) is 144 cm³/mol. The molecule has 5 atom stereocenters. The van der Waals surface area contributed by atoms with Crippen LogP contribution in [-0.2, 0) is 72.5 Å². The second-order valence-electron chi connectivity index (χ2n) is 9.39. The molecule has 258 valence electrons. The van der Waals surface area contributed by atoms with Crippen LogP contribution in [0.5, 0.6) is 0 Å². The SMILES string of the molecule is CCCCCCCCCCCCOCCO[C@@H]1O[C@H](COS(=O)(=O)O)[C@@H](OS(=O)(=O)O)[C@H](OS(=O)(=O)O)[C@H]1OS(=O)(=O)O. The second kappa shape index (κ2) is 19.1. The Labute approximate surface area is 252 Å². The molecule has 43 heavy (non-hydrogen) atoms. The highest BCUT2D eigenvalue weighted by molar-refractivity contribution is 7.81. The van der Waals surface area contributed by atoms with Crippen LogP contribution in [0.2, 0.25) is 0 Å². The minimum absolute atomic E-state index is 0.142. The highest BCUT2D eigenvalue weighted by Gasteiger charge is 2.54. The van der Waals surface area contributed by atoms with Gasteiger partial charge >= 0.3 is 41.6 Å². The van der Waals surface area contributed by atoms with Crippen molar-refractivity contribution in [2.24, 2.45) is 0 Å². The van der Waals surface area contributed by atoms with Gasteiger partial charge in [-0.1, -0.05) is 64.7 Å². The molecular formula is C20H40O19S4. The quantitative estimate of drug-likeness (QED) is 0.0803. The molecule has 1 heterocycles. The Bertz CT molecular complexity index is 1220. The second-order valence-corrected chi connectivity index (χ2v) is 13.6. The lowest BCUT2D eigenvalue weighted by atomic mass is 9.99. The average molecular weight is 713 g/mol. The van der Waals surface area contributed by atoms with Gasteiger partial charge in [0.2, 0.25) is 0 Å². The molecule has 19 nitrogen and oxygen atoms in total. The topological polar surface area (TPSA) is 282 Å². The zero-order valence-electron chi connectivity index (χ0n) is 23.3. The molecule has 1 rings (SSSR count). The van der Waals surface area contributed by atoms with Crippen molar-refractivity contribution in [3.05, 3.63) is 0 Å². The minimum atomic E-state index is -5.60. The van der Waals surface area contributed by atoms with Gasteiger partial charge in [0.15, 0.2) is 12.4 Å². The summed E-state index contributed by atoms with van der Waals surface area (Å²) in [6.07, 6.45) is -0.881. The van der Waals surface area contributed by atoms with Crippen molar-refractivity contribution < 1.29 is 82.8 Å². The maximum Gasteiger partial charge on any atom is 0.397 e. The van der Waals surface area contributed by atoms with Crippen LogP contribution in [0, 0.1) is 0 Å². The first kappa shape index (κ1) is 40.4. The van der Waals surface area contributed by atoms with E-state index in [-0.39, 0.29) is 6.61 Å². The summed E-state index contributed by atoms with van der Waals surface area (Å²) in [5.74, 6) is 0. The first-order chi connectivity index (χ1) is 19.8. The molecule has 0 spiro atoms. The van der Waals surface area contributed by atoms with Crippen LogP contribution in [0.4, 0.5) is 0 Å². The van der Waals surface area contributed by atoms with Crippen molar-refractivity contribution in [2.45, 2.75) is 102 Å². The summed E-state index contributed by atoms with van der Waals surface area (Å²) in [5, 5.41) is 0. The molecule has 23 heteroatoms. The Morgan fingerprint density at radius 1 is 0.558 bits per heavy atom. The van der Waals surface area contributed by atoms with Crippen LogP contribution in [0.25, 0.3) is 0 Å². The maximum atomic E-state index is 11.5. The van der Waals surface area contributed by atoms with E-state index in [2.05, 4.69) is 23.7 Å². The van der Waals surface area contributed by atoms with E-state index in [0.29, 0.717) is 6.61 Å². The predicted octanol–water partition coefficient (Wildman–Crippen LogP) is 1.05. The Kier molecular flexibility index (Phi) is 18.0. The first-order valence-corrected chi connectivity index (χ1v) is 18.7. The van der Waals surface area contributed by atoms with Crippen LogP contribution < -0.4 is 0 Å². The molecule has 0 unspecified atom stereocenters. The Morgan fingerprint density at radius 3 is 1.51 bits per heavy atom. The van der Waals surface area contributed by atoms with E-state index in [0.717, 1.165) is 32.1 Å². The smallest absolute Gasteiger partial charge is 0.379 e. The van der Waals surface area contributed by atoms with Crippen LogP contribution in [-0.4, -0.2) is 109 Å². The number of unbranched alkanes of at least 4 members (excludes halogenated alkanes) is 9. The van der Waals surface area contributed by atoms with Gasteiger partial charge in [-0.05, 0) is 6.42 Å². The summed E-state index contributed by atoms with van der Waals surface area (Å²) in [4.78, 5) is 0. The lowest BCUT2D eigenvalue weighted by Gasteiger charge is -2.43. The van der Waals surface area contributed by atoms with Crippen molar-refractivity contribution >= 4 is 41.6 Å². The number of rotatable bonds is 24. The fourth-order valence-corrected chi connectivity index (χ4v) is 5.87. The Hall–Kier alpha value is -0.640. The summed E-state index contributed by atoms with van der Waals surface area (Å²) < 4.78 is 160. The van der Waals surface area contributed by atoms with Gasteiger partial charge in [-0.15, -0.1) is 0 Å². The summed E-state index contributed by atoms with van der Waals surface area (Å²) in [6, 6.07) is 0. The van der Waals surface area contributed by atoms with E-state index >= 15 is 0 Å². The van der Waals surface area contributed by atoms with Gasteiger partial charge in [0, 0.05) is 6.61 Å². The minimum Gasteiger partial charge on any atom is -0.379 e. The van der Waals surface area contributed by atoms with Crippen molar-refractivity contribution in [2.75, 3.05) is 26.4 Å². The van der Waals surface area contributed by atoms with E-state index in [9.17, 15) is 42.8 Å². The van der Waals surface area contributed by atoms with E-state index < -0.39 is 85.5 Å². The maximum absolute atomic E-state index is 11.5. The van der Waals surface area contributed by atoms with Gasteiger partial charge in [0.25, 0.3) is 0 Å². The molecule has 0 aliphatic carbocycles. The van der Waals surface area contributed by atoms with Gasteiger partial charge < -0.3 is 14.2 Å². The third-order valence-corrected chi connectivity index (χ3v) is 7.65. The molecule has 1 aliphatic heterocycles. The molecule has 0 aromatic carbocycles. The van der Waals surface area contributed by atoms with Crippen molar-refractivity contribution in [3.63, 3.8) is 0 Å². The Balaban J connectivity index is 2.87. The third kappa shape index (κ3) is 20.2. The molecular weight excluding hydrogens is 672 g/mol. The highest BCUT2D eigenvalue weighted by atomic mass is 32.3. The van der Waals surface area contributed by atoms with Crippen molar-refractivity contribution in [1.29, 1.82) is 0 Å². The normalized spacial score (nSPS) is 23.9. The van der Waals surface area contributed by atoms with Gasteiger partial charge in [0.1, 0.15) is 18.3 Å².